The Morgan fingerprint density at radius 1 is 1.03 bits per heavy atom. The zero-order valence-corrected chi connectivity index (χ0v) is 21.6. The summed E-state index contributed by atoms with van der Waals surface area (Å²) in [5, 5.41) is 6.76. The Labute approximate surface area is 199 Å². The molecule has 2 N–H and O–H groups in total. The van der Waals surface area contributed by atoms with E-state index in [0.29, 0.717) is 51.0 Å². The van der Waals surface area contributed by atoms with Crippen LogP contribution in [-0.2, 0) is 9.59 Å². The van der Waals surface area contributed by atoms with Crippen LogP contribution in [0.25, 0.3) is 0 Å². The molecule has 0 aromatic carbocycles. The van der Waals surface area contributed by atoms with E-state index in [1.165, 1.54) is 6.42 Å². The maximum Gasteiger partial charge on any atom is 0.222 e. The van der Waals surface area contributed by atoms with Crippen molar-refractivity contribution in [1.82, 2.24) is 20.4 Å². The van der Waals surface area contributed by atoms with Gasteiger partial charge in [0.1, 0.15) is 0 Å². The van der Waals surface area contributed by atoms with Gasteiger partial charge in [-0.15, -0.1) is 24.0 Å². The summed E-state index contributed by atoms with van der Waals surface area (Å²) in [6.45, 7) is 12.8. The molecule has 2 unspecified atom stereocenters. The first-order valence-electron chi connectivity index (χ1n) is 11.5. The molecule has 0 spiro atoms. The van der Waals surface area contributed by atoms with E-state index in [9.17, 15) is 9.59 Å². The van der Waals surface area contributed by atoms with Gasteiger partial charge in [0.2, 0.25) is 11.8 Å². The Bertz CT molecular complexity index is 562. The first-order valence-corrected chi connectivity index (χ1v) is 11.5. The molecule has 2 aliphatic rings. The van der Waals surface area contributed by atoms with Gasteiger partial charge in [0.15, 0.2) is 5.96 Å². The molecular weight excluding hydrogens is 493 g/mol. The van der Waals surface area contributed by atoms with Gasteiger partial charge in [-0.25, -0.2) is 0 Å². The average molecular weight is 536 g/mol. The van der Waals surface area contributed by atoms with E-state index in [4.69, 9.17) is 0 Å². The molecule has 7 nitrogen and oxygen atoms in total. The second kappa shape index (κ2) is 14.1. The van der Waals surface area contributed by atoms with Gasteiger partial charge in [-0.3, -0.25) is 14.6 Å². The van der Waals surface area contributed by atoms with Crippen molar-refractivity contribution in [1.29, 1.82) is 0 Å². The molecule has 1 aliphatic carbocycles. The fraction of sp³-hybridized carbons (Fsp3) is 0.864. The highest BCUT2D eigenvalue weighted by Gasteiger charge is 2.33. The molecule has 0 aromatic heterocycles. The van der Waals surface area contributed by atoms with Gasteiger partial charge in [-0.2, -0.15) is 0 Å². The van der Waals surface area contributed by atoms with Gasteiger partial charge >= 0.3 is 0 Å². The molecular formula is C22H42IN5O2. The van der Waals surface area contributed by atoms with E-state index in [2.05, 4.69) is 43.3 Å². The number of unbranched alkanes of at least 4 members (excludes halogenated alkanes) is 2. The van der Waals surface area contributed by atoms with E-state index < -0.39 is 0 Å². The molecule has 2 atom stereocenters. The van der Waals surface area contributed by atoms with Crippen LogP contribution in [-0.4, -0.2) is 72.9 Å². The Kier molecular flexibility index (Phi) is 12.7. The minimum atomic E-state index is 0. The summed E-state index contributed by atoms with van der Waals surface area (Å²) < 4.78 is 0. The lowest BCUT2D eigenvalue weighted by Gasteiger charge is -2.35. The normalized spacial score (nSPS) is 21.3. The summed E-state index contributed by atoms with van der Waals surface area (Å²) in [6.07, 6.45) is 5.35. The molecule has 30 heavy (non-hydrogen) atoms. The highest BCUT2D eigenvalue weighted by Crippen LogP contribution is 2.28. The van der Waals surface area contributed by atoms with Crippen LogP contribution in [0.5, 0.6) is 0 Å². The Hall–Kier alpha value is -1.06. The molecule has 1 heterocycles. The predicted molar refractivity (Wildman–Crippen MR) is 133 cm³/mol. The van der Waals surface area contributed by atoms with Crippen LogP contribution in [0.2, 0.25) is 0 Å². The molecule has 174 valence electrons. The third kappa shape index (κ3) is 9.83. The smallest absolute Gasteiger partial charge is 0.222 e. The summed E-state index contributed by atoms with van der Waals surface area (Å²) in [5.41, 5.74) is 0. The first kappa shape index (κ1) is 27.0. The number of piperazine rings is 1. The summed E-state index contributed by atoms with van der Waals surface area (Å²) in [5.74, 6) is 2.49. The summed E-state index contributed by atoms with van der Waals surface area (Å²) >= 11 is 0. The third-order valence-electron chi connectivity index (χ3n) is 5.66. The Balaban J connectivity index is 0.00000450. The maximum atomic E-state index is 12.4. The molecule has 0 aromatic rings. The van der Waals surface area contributed by atoms with E-state index in [1.807, 2.05) is 9.80 Å². The molecule has 0 radical (unpaired) electrons. The zero-order valence-electron chi connectivity index (χ0n) is 19.3. The van der Waals surface area contributed by atoms with Crippen LogP contribution in [0.3, 0.4) is 0 Å². The number of nitrogens with one attached hydrogen (secondary N) is 2. The second-order valence-electron chi connectivity index (χ2n) is 8.89. The van der Waals surface area contributed by atoms with Crippen molar-refractivity contribution in [3.63, 3.8) is 0 Å². The number of nitrogens with zero attached hydrogens (tertiary/aromatic N) is 3. The number of amides is 2. The molecule has 2 rings (SSSR count). The van der Waals surface area contributed by atoms with E-state index in [1.54, 1.807) is 0 Å². The standard InChI is InChI=1S/C22H41N5O2.HI/c1-5-23-22(25-19-16-18(19)4)24-10-8-6-7-9-20(28)26-11-13-27(14-12-26)21(29)15-17(2)3;/h17-19H,5-16H2,1-4H3,(H2,23,24,25);1H. The topological polar surface area (TPSA) is 77.0 Å². The number of hydrogen-bond donors (Lipinski definition) is 2. The second-order valence-corrected chi connectivity index (χ2v) is 8.89. The minimum absolute atomic E-state index is 0. The van der Waals surface area contributed by atoms with Crippen molar-refractivity contribution in [3.8, 4) is 0 Å². The number of hydrogen-bond acceptors (Lipinski definition) is 3. The highest BCUT2D eigenvalue weighted by molar-refractivity contribution is 14.0. The summed E-state index contributed by atoms with van der Waals surface area (Å²) in [6, 6.07) is 0.576. The fourth-order valence-electron chi connectivity index (χ4n) is 3.62. The molecule has 1 saturated carbocycles. The number of rotatable bonds is 10. The average Bonchev–Trinajstić information content (AvgIpc) is 3.38. The van der Waals surface area contributed by atoms with Crippen LogP contribution < -0.4 is 10.6 Å². The van der Waals surface area contributed by atoms with Crippen molar-refractivity contribution in [2.75, 3.05) is 39.3 Å². The number of carbonyl (C=O) groups excluding carboxylic acids is 2. The van der Waals surface area contributed by atoms with Gasteiger partial charge in [0, 0.05) is 58.2 Å². The van der Waals surface area contributed by atoms with Gasteiger partial charge < -0.3 is 20.4 Å². The number of carbonyl (C=O) groups is 2. The minimum Gasteiger partial charge on any atom is -0.357 e. The lowest BCUT2D eigenvalue weighted by atomic mass is 10.1. The lowest BCUT2D eigenvalue weighted by Crippen LogP contribution is -2.50. The van der Waals surface area contributed by atoms with E-state index >= 15 is 0 Å². The van der Waals surface area contributed by atoms with Crippen LogP contribution >= 0.6 is 24.0 Å². The van der Waals surface area contributed by atoms with Crippen LogP contribution in [0, 0.1) is 11.8 Å². The van der Waals surface area contributed by atoms with Crippen LogP contribution in [0.15, 0.2) is 4.99 Å². The quantitative estimate of drug-likeness (QED) is 0.195. The first-order chi connectivity index (χ1) is 13.9. The SMILES string of the molecule is CCNC(=NCCCCCC(=O)N1CCN(C(=O)CC(C)C)CC1)NC1CC1C.I. The van der Waals surface area contributed by atoms with Crippen LogP contribution in [0.1, 0.15) is 66.2 Å². The maximum absolute atomic E-state index is 12.4. The van der Waals surface area contributed by atoms with Crippen molar-refractivity contribution in [3.05, 3.63) is 0 Å². The van der Waals surface area contributed by atoms with Gasteiger partial charge in [0.25, 0.3) is 0 Å². The molecule has 0 bridgehead atoms. The van der Waals surface area contributed by atoms with Gasteiger partial charge in [0.05, 0.1) is 0 Å². The van der Waals surface area contributed by atoms with Gasteiger partial charge in [-0.1, -0.05) is 27.2 Å². The summed E-state index contributed by atoms with van der Waals surface area (Å²) in [4.78, 5) is 33.0. The van der Waals surface area contributed by atoms with E-state index in [0.717, 1.165) is 44.2 Å². The lowest BCUT2D eigenvalue weighted by molar-refractivity contribution is -0.140. The van der Waals surface area contributed by atoms with E-state index in [-0.39, 0.29) is 35.8 Å². The van der Waals surface area contributed by atoms with Crippen molar-refractivity contribution in [2.24, 2.45) is 16.8 Å². The zero-order chi connectivity index (χ0) is 21.2. The monoisotopic (exact) mass is 535 g/mol. The number of halogens is 1. The van der Waals surface area contributed by atoms with Crippen molar-refractivity contribution in [2.45, 2.75) is 72.3 Å². The molecule has 1 aliphatic heterocycles. The molecule has 8 heteroatoms. The summed E-state index contributed by atoms with van der Waals surface area (Å²) in [7, 11) is 0. The van der Waals surface area contributed by atoms with Crippen LogP contribution in [0.4, 0.5) is 0 Å². The predicted octanol–water partition coefficient (Wildman–Crippen LogP) is 2.85. The third-order valence-corrected chi connectivity index (χ3v) is 5.66. The number of aliphatic imine (C=N–C) groups is 1. The fourth-order valence-corrected chi connectivity index (χ4v) is 3.62. The van der Waals surface area contributed by atoms with Crippen molar-refractivity contribution >= 4 is 41.8 Å². The Morgan fingerprint density at radius 2 is 1.63 bits per heavy atom. The van der Waals surface area contributed by atoms with Gasteiger partial charge in [-0.05, 0) is 38.0 Å². The molecule has 2 amide bonds. The highest BCUT2D eigenvalue weighted by atomic mass is 127. The Morgan fingerprint density at radius 3 is 2.17 bits per heavy atom. The molecule has 2 fully saturated rings. The molecule has 1 saturated heterocycles. The van der Waals surface area contributed by atoms with Crippen molar-refractivity contribution < 1.29 is 9.59 Å². The number of guanidine groups is 1. The largest absolute Gasteiger partial charge is 0.357 e.